The summed E-state index contributed by atoms with van der Waals surface area (Å²) < 4.78 is 0. The average Bonchev–Trinajstić information content (AvgIpc) is 2.88. The molecule has 20 heavy (non-hydrogen) atoms. The molecule has 1 aliphatic rings. The first-order valence-electron chi connectivity index (χ1n) is 8.13. The minimum atomic E-state index is 0.542. The van der Waals surface area contributed by atoms with Gasteiger partial charge in [0.2, 0.25) is 0 Å². The van der Waals surface area contributed by atoms with Gasteiger partial charge < -0.3 is 10.2 Å². The van der Waals surface area contributed by atoms with E-state index in [1.54, 1.807) is 0 Å². The lowest BCUT2D eigenvalue weighted by atomic mass is 9.98. The van der Waals surface area contributed by atoms with Gasteiger partial charge in [0.05, 0.1) is 5.69 Å². The number of anilines is 1. The van der Waals surface area contributed by atoms with Gasteiger partial charge in [0.25, 0.3) is 0 Å². The number of fused-ring (bicyclic) bond motifs is 1. The Kier molecular flexibility index (Phi) is 5.85. The normalized spacial score (nSPS) is 19.7. The zero-order valence-electron chi connectivity index (χ0n) is 13.4. The second-order valence-electron chi connectivity index (χ2n) is 5.95. The third-order valence-electron chi connectivity index (χ3n) is 4.25. The van der Waals surface area contributed by atoms with E-state index in [9.17, 15) is 0 Å². The standard InChI is InChI=1S/C16H29N3S/c1-5-8-12(3)19(4)16-18-14-10-7-9-13(15(14)20-16)17-11-6-2/h12-13,17H,5-11H2,1-4H3. The van der Waals surface area contributed by atoms with E-state index in [1.165, 1.54) is 47.8 Å². The van der Waals surface area contributed by atoms with Crippen LogP contribution in [-0.2, 0) is 6.42 Å². The molecule has 0 saturated carbocycles. The van der Waals surface area contributed by atoms with E-state index in [0.717, 1.165) is 13.0 Å². The molecule has 114 valence electrons. The summed E-state index contributed by atoms with van der Waals surface area (Å²) in [5, 5.41) is 4.90. The molecule has 1 aliphatic carbocycles. The quantitative estimate of drug-likeness (QED) is 0.819. The fraction of sp³-hybridized carbons (Fsp3) is 0.812. The Bertz CT molecular complexity index is 416. The van der Waals surface area contributed by atoms with Gasteiger partial charge in [0.1, 0.15) is 0 Å². The predicted molar refractivity (Wildman–Crippen MR) is 88.9 cm³/mol. The van der Waals surface area contributed by atoms with Crippen molar-refractivity contribution in [2.24, 2.45) is 0 Å². The Morgan fingerprint density at radius 3 is 2.90 bits per heavy atom. The molecular formula is C16H29N3S. The van der Waals surface area contributed by atoms with Crippen molar-refractivity contribution in [3.63, 3.8) is 0 Å². The summed E-state index contributed by atoms with van der Waals surface area (Å²) >= 11 is 1.91. The zero-order chi connectivity index (χ0) is 14.5. The highest BCUT2D eigenvalue weighted by Gasteiger charge is 2.25. The molecule has 2 unspecified atom stereocenters. The molecule has 2 rings (SSSR count). The van der Waals surface area contributed by atoms with Crippen LogP contribution in [0.3, 0.4) is 0 Å². The van der Waals surface area contributed by atoms with Gasteiger partial charge in [-0.3, -0.25) is 0 Å². The van der Waals surface area contributed by atoms with Crippen LogP contribution in [0.25, 0.3) is 0 Å². The van der Waals surface area contributed by atoms with Crippen molar-refractivity contribution in [2.45, 2.75) is 71.4 Å². The monoisotopic (exact) mass is 295 g/mol. The third-order valence-corrected chi connectivity index (χ3v) is 5.55. The van der Waals surface area contributed by atoms with E-state index in [0.29, 0.717) is 12.1 Å². The average molecular weight is 295 g/mol. The number of thiazole rings is 1. The molecule has 1 aromatic rings. The lowest BCUT2D eigenvalue weighted by molar-refractivity contribution is 0.464. The van der Waals surface area contributed by atoms with Crippen molar-refractivity contribution in [2.75, 3.05) is 18.5 Å². The highest BCUT2D eigenvalue weighted by atomic mass is 32.1. The van der Waals surface area contributed by atoms with E-state index in [1.807, 2.05) is 11.3 Å². The Morgan fingerprint density at radius 2 is 2.20 bits per heavy atom. The lowest BCUT2D eigenvalue weighted by Crippen LogP contribution is -2.28. The van der Waals surface area contributed by atoms with Crippen molar-refractivity contribution >= 4 is 16.5 Å². The molecule has 0 saturated heterocycles. The van der Waals surface area contributed by atoms with Crippen LogP contribution < -0.4 is 10.2 Å². The van der Waals surface area contributed by atoms with E-state index >= 15 is 0 Å². The highest BCUT2D eigenvalue weighted by Crippen LogP contribution is 2.37. The molecule has 0 amide bonds. The van der Waals surface area contributed by atoms with Gasteiger partial charge in [-0.1, -0.05) is 31.6 Å². The van der Waals surface area contributed by atoms with E-state index in [2.05, 4.69) is 38.0 Å². The maximum atomic E-state index is 4.92. The highest BCUT2D eigenvalue weighted by molar-refractivity contribution is 7.15. The summed E-state index contributed by atoms with van der Waals surface area (Å²) in [6, 6.07) is 1.12. The molecule has 3 nitrogen and oxygen atoms in total. The third kappa shape index (κ3) is 3.53. The molecule has 0 bridgehead atoms. The number of hydrogen-bond acceptors (Lipinski definition) is 4. The SMILES string of the molecule is CCCNC1CCCc2nc(N(C)C(C)CCC)sc21. The minimum absolute atomic E-state index is 0.542. The van der Waals surface area contributed by atoms with Gasteiger partial charge in [0.15, 0.2) is 5.13 Å². The fourth-order valence-electron chi connectivity index (χ4n) is 2.87. The minimum Gasteiger partial charge on any atom is -0.348 e. The largest absolute Gasteiger partial charge is 0.348 e. The van der Waals surface area contributed by atoms with Crippen molar-refractivity contribution in [1.29, 1.82) is 0 Å². The molecule has 1 N–H and O–H groups in total. The summed E-state index contributed by atoms with van der Waals surface area (Å²) in [6.07, 6.45) is 7.36. The van der Waals surface area contributed by atoms with Crippen LogP contribution in [0.15, 0.2) is 0 Å². The van der Waals surface area contributed by atoms with Gasteiger partial charge in [0, 0.05) is 24.0 Å². The van der Waals surface area contributed by atoms with Crippen LogP contribution in [0.5, 0.6) is 0 Å². The van der Waals surface area contributed by atoms with Crippen molar-refractivity contribution in [3.05, 3.63) is 10.6 Å². The van der Waals surface area contributed by atoms with E-state index in [4.69, 9.17) is 4.98 Å². The van der Waals surface area contributed by atoms with Crippen LogP contribution in [-0.4, -0.2) is 24.6 Å². The number of nitrogens with zero attached hydrogens (tertiary/aromatic N) is 2. The van der Waals surface area contributed by atoms with Crippen molar-refractivity contribution in [1.82, 2.24) is 10.3 Å². The Labute approximate surface area is 127 Å². The molecule has 0 radical (unpaired) electrons. The number of rotatable bonds is 7. The summed E-state index contributed by atoms with van der Waals surface area (Å²) in [5.74, 6) is 0. The molecule has 1 heterocycles. The summed E-state index contributed by atoms with van der Waals surface area (Å²) in [4.78, 5) is 8.78. The van der Waals surface area contributed by atoms with Crippen LogP contribution in [0, 0.1) is 0 Å². The van der Waals surface area contributed by atoms with Crippen molar-refractivity contribution < 1.29 is 0 Å². The molecular weight excluding hydrogens is 266 g/mol. The first-order valence-corrected chi connectivity index (χ1v) is 8.94. The van der Waals surface area contributed by atoms with Crippen molar-refractivity contribution in [3.8, 4) is 0 Å². The van der Waals surface area contributed by atoms with E-state index < -0.39 is 0 Å². The predicted octanol–water partition coefficient (Wildman–Crippen LogP) is 4.14. The van der Waals surface area contributed by atoms with Gasteiger partial charge in [-0.15, -0.1) is 0 Å². The molecule has 0 spiro atoms. The first kappa shape index (κ1) is 15.8. The molecule has 2 atom stereocenters. The second-order valence-corrected chi connectivity index (χ2v) is 6.96. The smallest absolute Gasteiger partial charge is 0.185 e. The Balaban J connectivity index is 2.12. The van der Waals surface area contributed by atoms with Gasteiger partial charge in [-0.05, 0) is 45.6 Å². The van der Waals surface area contributed by atoms with Crippen LogP contribution >= 0.6 is 11.3 Å². The first-order chi connectivity index (χ1) is 9.67. The van der Waals surface area contributed by atoms with Crippen LogP contribution in [0.2, 0.25) is 0 Å². The lowest BCUT2D eigenvalue weighted by Gasteiger charge is -2.23. The molecule has 0 fully saturated rings. The Morgan fingerprint density at radius 1 is 1.40 bits per heavy atom. The van der Waals surface area contributed by atoms with Gasteiger partial charge in [-0.2, -0.15) is 0 Å². The topological polar surface area (TPSA) is 28.2 Å². The molecule has 1 aromatic heterocycles. The van der Waals surface area contributed by atoms with Crippen LogP contribution in [0.4, 0.5) is 5.13 Å². The molecule has 4 heteroatoms. The zero-order valence-corrected chi connectivity index (χ0v) is 14.2. The summed E-state index contributed by atoms with van der Waals surface area (Å²) in [6.45, 7) is 7.90. The fourth-order valence-corrected chi connectivity index (χ4v) is 4.16. The van der Waals surface area contributed by atoms with Crippen LogP contribution in [0.1, 0.15) is 69.5 Å². The number of aromatic nitrogens is 1. The maximum Gasteiger partial charge on any atom is 0.185 e. The second kappa shape index (κ2) is 7.41. The molecule has 0 aromatic carbocycles. The van der Waals surface area contributed by atoms with E-state index in [-0.39, 0.29) is 0 Å². The van der Waals surface area contributed by atoms with Gasteiger partial charge >= 0.3 is 0 Å². The molecule has 0 aliphatic heterocycles. The summed E-state index contributed by atoms with van der Waals surface area (Å²) in [5.41, 5.74) is 1.35. The summed E-state index contributed by atoms with van der Waals surface area (Å²) in [7, 11) is 2.19. The Hall–Kier alpha value is -0.610. The maximum absolute atomic E-state index is 4.92. The number of hydrogen-bond donors (Lipinski definition) is 1. The van der Waals surface area contributed by atoms with Gasteiger partial charge in [-0.25, -0.2) is 4.98 Å². The number of aryl methyl sites for hydroxylation is 1. The number of nitrogens with one attached hydrogen (secondary N) is 1.